The lowest BCUT2D eigenvalue weighted by atomic mass is 9.97. The van der Waals surface area contributed by atoms with Gasteiger partial charge >= 0.3 is 0 Å². The van der Waals surface area contributed by atoms with Gasteiger partial charge in [0.2, 0.25) is 5.78 Å². The van der Waals surface area contributed by atoms with Gasteiger partial charge in [0.25, 0.3) is 5.91 Å². The topological polar surface area (TPSA) is 55.4 Å². The second kappa shape index (κ2) is 6.32. The SMILES string of the molecule is CC(OC1CCCCC1)C(=O)C(=O)NCC1CC1. The summed E-state index contributed by atoms with van der Waals surface area (Å²) in [5, 5.41) is 2.69. The number of ether oxygens (including phenoxy) is 1. The maximum atomic E-state index is 11.8. The van der Waals surface area contributed by atoms with Crippen molar-refractivity contribution in [1.82, 2.24) is 5.32 Å². The van der Waals surface area contributed by atoms with Crippen LogP contribution in [0.4, 0.5) is 0 Å². The Bertz CT molecular complexity index is 306. The van der Waals surface area contributed by atoms with Gasteiger partial charge in [-0.25, -0.2) is 0 Å². The zero-order valence-electron chi connectivity index (χ0n) is 11.1. The molecule has 1 N–H and O–H groups in total. The van der Waals surface area contributed by atoms with Crippen LogP contribution >= 0.6 is 0 Å². The number of rotatable bonds is 6. The molecule has 0 spiro atoms. The van der Waals surface area contributed by atoms with E-state index in [0.29, 0.717) is 12.5 Å². The van der Waals surface area contributed by atoms with Gasteiger partial charge in [-0.2, -0.15) is 0 Å². The molecule has 1 amide bonds. The van der Waals surface area contributed by atoms with E-state index in [4.69, 9.17) is 4.74 Å². The van der Waals surface area contributed by atoms with Gasteiger partial charge in [0, 0.05) is 6.54 Å². The predicted octanol–water partition coefficient (Wildman–Crippen LogP) is 1.82. The predicted molar refractivity (Wildman–Crippen MR) is 68.2 cm³/mol. The highest BCUT2D eigenvalue weighted by Crippen LogP contribution is 2.27. The number of amides is 1. The molecule has 4 nitrogen and oxygen atoms in total. The van der Waals surface area contributed by atoms with Crippen molar-refractivity contribution in [2.45, 2.75) is 64.1 Å². The average Bonchev–Trinajstić information content (AvgIpc) is 3.20. The third kappa shape index (κ3) is 4.09. The van der Waals surface area contributed by atoms with Crippen molar-refractivity contribution in [1.29, 1.82) is 0 Å². The first-order valence-corrected chi connectivity index (χ1v) is 7.14. The third-order valence-corrected chi connectivity index (χ3v) is 3.79. The summed E-state index contributed by atoms with van der Waals surface area (Å²) in [5.41, 5.74) is 0. The molecular formula is C14H23NO3. The lowest BCUT2D eigenvalue weighted by Crippen LogP contribution is -2.40. The van der Waals surface area contributed by atoms with Gasteiger partial charge in [0.15, 0.2) is 0 Å². The Hall–Kier alpha value is -0.900. The second-order valence-electron chi connectivity index (χ2n) is 5.56. The summed E-state index contributed by atoms with van der Waals surface area (Å²) in [6, 6.07) is 0. The molecule has 2 fully saturated rings. The molecule has 18 heavy (non-hydrogen) atoms. The quantitative estimate of drug-likeness (QED) is 0.735. The van der Waals surface area contributed by atoms with E-state index in [1.807, 2.05) is 0 Å². The maximum absolute atomic E-state index is 11.8. The number of nitrogens with one attached hydrogen (secondary N) is 1. The van der Waals surface area contributed by atoms with Gasteiger partial charge < -0.3 is 10.1 Å². The van der Waals surface area contributed by atoms with E-state index < -0.39 is 17.8 Å². The first kappa shape index (κ1) is 13.5. The Morgan fingerprint density at radius 3 is 2.44 bits per heavy atom. The molecule has 2 saturated carbocycles. The molecule has 1 unspecified atom stereocenters. The molecule has 4 heteroatoms. The summed E-state index contributed by atoms with van der Waals surface area (Å²) in [5.74, 6) is -0.317. The van der Waals surface area contributed by atoms with Gasteiger partial charge in [0.1, 0.15) is 6.10 Å². The van der Waals surface area contributed by atoms with E-state index >= 15 is 0 Å². The Labute approximate surface area is 108 Å². The van der Waals surface area contributed by atoms with Gasteiger partial charge in [-0.3, -0.25) is 9.59 Å². The van der Waals surface area contributed by atoms with Crippen molar-refractivity contribution in [3.8, 4) is 0 Å². The lowest BCUT2D eigenvalue weighted by Gasteiger charge is -2.24. The fourth-order valence-electron chi connectivity index (χ4n) is 2.38. The van der Waals surface area contributed by atoms with Gasteiger partial charge in [-0.05, 0) is 38.5 Å². The molecular weight excluding hydrogens is 230 g/mol. The molecule has 0 heterocycles. The number of hydrogen-bond donors (Lipinski definition) is 1. The molecule has 2 rings (SSSR count). The molecule has 1 atom stereocenters. The van der Waals surface area contributed by atoms with Crippen LogP contribution < -0.4 is 5.32 Å². The van der Waals surface area contributed by atoms with Crippen molar-refractivity contribution < 1.29 is 14.3 Å². The van der Waals surface area contributed by atoms with E-state index in [2.05, 4.69) is 5.32 Å². The number of ketones is 1. The largest absolute Gasteiger partial charge is 0.367 e. The average molecular weight is 253 g/mol. The van der Waals surface area contributed by atoms with E-state index in [0.717, 1.165) is 12.8 Å². The molecule has 0 aliphatic heterocycles. The summed E-state index contributed by atoms with van der Waals surface area (Å²) in [6.45, 7) is 2.33. The molecule has 102 valence electrons. The highest BCUT2D eigenvalue weighted by Gasteiger charge is 2.28. The molecule has 0 saturated heterocycles. The highest BCUT2D eigenvalue weighted by atomic mass is 16.5. The number of hydrogen-bond acceptors (Lipinski definition) is 3. The zero-order valence-corrected chi connectivity index (χ0v) is 11.1. The van der Waals surface area contributed by atoms with Crippen molar-refractivity contribution >= 4 is 11.7 Å². The van der Waals surface area contributed by atoms with Crippen LogP contribution in [0.25, 0.3) is 0 Å². The fourth-order valence-corrected chi connectivity index (χ4v) is 2.38. The minimum Gasteiger partial charge on any atom is -0.367 e. The fraction of sp³-hybridized carbons (Fsp3) is 0.857. The molecule has 2 aliphatic carbocycles. The molecule has 0 radical (unpaired) electrons. The van der Waals surface area contributed by atoms with Crippen LogP contribution in [-0.4, -0.2) is 30.4 Å². The van der Waals surface area contributed by atoms with Crippen molar-refractivity contribution in [3.05, 3.63) is 0 Å². The Balaban J connectivity index is 1.70. The van der Waals surface area contributed by atoms with Crippen molar-refractivity contribution in [2.75, 3.05) is 6.54 Å². The van der Waals surface area contributed by atoms with Gasteiger partial charge in [-0.15, -0.1) is 0 Å². The van der Waals surface area contributed by atoms with Crippen LogP contribution in [0.1, 0.15) is 51.9 Å². The van der Waals surface area contributed by atoms with E-state index in [9.17, 15) is 9.59 Å². The summed E-state index contributed by atoms with van der Waals surface area (Å²) in [7, 11) is 0. The zero-order chi connectivity index (χ0) is 13.0. The van der Waals surface area contributed by atoms with Crippen LogP contribution in [0.2, 0.25) is 0 Å². The van der Waals surface area contributed by atoms with Crippen LogP contribution in [0.3, 0.4) is 0 Å². The minimum absolute atomic E-state index is 0.161. The summed E-state index contributed by atoms with van der Waals surface area (Å²) < 4.78 is 5.69. The van der Waals surface area contributed by atoms with E-state index in [1.165, 1.54) is 32.1 Å². The Kier molecular flexibility index (Phi) is 4.75. The molecule has 0 aromatic rings. The van der Waals surface area contributed by atoms with E-state index in [-0.39, 0.29) is 6.10 Å². The van der Waals surface area contributed by atoms with Crippen LogP contribution in [0.5, 0.6) is 0 Å². The standard InChI is InChI=1S/C14H23NO3/c1-10(18-12-5-3-2-4-6-12)13(16)14(17)15-9-11-7-8-11/h10-12H,2-9H2,1H3,(H,15,17). The maximum Gasteiger partial charge on any atom is 0.290 e. The Morgan fingerprint density at radius 1 is 1.17 bits per heavy atom. The van der Waals surface area contributed by atoms with Crippen molar-refractivity contribution in [2.24, 2.45) is 5.92 Å². The van der Waals surface area contributed by atoms with Crippen LogP contribution in [-0.2, 0) is 14.3 Å². The first-order valence-electron chi connectivity index (χ1n) is 7.14. The summed E-state index contributed by atoms with van der Waals surface area (Å²) in [6.07, 6.45) is 7.51. The lowest BCUT2D eigenvalue weighted by molar-refractivity contribution is -0.147. The van der Waals surface area contributed by atoms with Gasteiger partial charge in [0.05, 0.1) is 6.10 Å². The van der Waals surface area contributed by atoms with Crippen molar-refractivity contribution in [3.63, 3.8) is 0 Å². The number of carbonyl (C=O) groups is 2. The van der Waals surface area contributed by atoms with Crippen LogP contribution in [0.15, 0.2) is 0 Å². The third-order valence-electron chi connectivity index (χ3n) is 3.79. The van der Waals surface area contributed by atoms with Crippen LogP contribution in [0, 0.1) is 5.92 Å². The summed E-state index contributed by atoms with van der Waals surface area (Å²) >= 11 is 0. The van der Waals surface area contributed by atoms with E-state index in [1.54, 1.807) is 6.92 Å². The first-order chi connectivity index (χ1) is 8.66. The summed E-state index contributed by atoms with van der Waals surface area (Å²) in [4.78, 5) is 23.4. The smallest absolute Gasteiger partial charge is 0.290 e. The molecule has 2 aliphatic rings. The molecule has 0 aromatic heterocycles. The number of Topliss-reactive ketones (excluding diaryl/α,β-unsaturated/α-hetero) is 1. The molecule has 0 aromatic carbocycles. The monoisotopic (exact) mass is 253 g/mol. The normalized spacial score (nSPS) is 22.5. The molecule has 0 bridgehead atoms. The minimum atomic E-state index is -0.604. The van der Waals surface area contributed by atoms with Gasteiger partial charge in [-0.1, -0.05) is 19.3 Å². The number of carbonyl (C=O) groups excluding carboxylic acids is 2. The Morgan fingerprint density at radius 2 is 1.83 bits per heavy atom. The highest BCUT2D eigenvalue weighted by molar-refractivity contribution is 6.37. The second-order valence-corrected chi connectivity index (χ2v) is 5.56.